The second-order valence-corrected chi connectivity index (χ2v) is 7.72. The quantitative estimate of drug-likeness (QED) is 0.718. The Morgan fingerprint density at radius 3 is 2.59 bits per heavy atom. The zero-order chi connectivity index (χ0) is 19.8. The molecule has 0 saturated carbocycles. The fourth-order valence-corrected chi connectivity index (χ4v) is 2.86. The van der Waals surface area contributed by atoms with Crippen molar-refractivity contribution in [2.75, 3.05) is 12.3 Å². The van der Waals surface area contributed by atoms with Crippen LogP contribution < -0.4 is 20.9 Å². The van der Waals surface area contributed by atoms with Crippen molar-refractivity contribution in [3.8, 4) is 23.3 Å². The number of anilines is 1. The van der Waals surface area contributed by atoms with Gasteiger partial charge >= 0.3 is 0 Å². The highest BCUT2D eigenvalue weighted by molar-refractivity contribution is 5.90. The Balaban J connectivity index is 2.07. The summed E-state index contributed by atoms with van der Waals surface area (Å²) in [4.78, 5) is 0. The van der Waals surface area contributed by atoms with Crippen LogP contribution in [-0.4, -0.2) is 17.9 Å². The Morgan fingerprint density at radius 1 is 1.22 bits per heavy atom. The van der Waals surface area contributed by atoms with E-state index < -0.39 is 6.23 Å². The minimum Gasteiger partial charge on any atom is -0.508 e. The average Bonchev–Trinajstić information content (AvgIpc) is 2.59. The summed E-state index contributed by atoms with van der Waals surface area (Å²) in [5, 5.41) is 19.5. The van der Waals surface area contributed by atoms with Crippen LogP contribution in [0.3, 0.4) is 0 Å². The predicted molar refractivity (Wildman–Crippen MR) is 104 cm³/mol. The molecule has 140 valence electrons. The molecule has 1 atom stereocenters. The smallest absolute Gasteiger partial charge is 0.184 e. The molecule has 6 nitrogen and oxygen atoms in total. The molecule has 0 fully saturated rings. The summed E-state index contributed by atoms with van der Waals surface area (Å²) in [5.74, 6) is 1.15. The van der Waals surface area contributed by atoms with Crippen molar-refractivity contribution in [3.63, 3.8) is 0 Å². The third kappa shape index (κ3) is 3.83. The molecule has 0 aliphatic carbocycles. The number of aromatic hydroxyl groups is 1. The first-order valence-electron chi connectivity index (χ1n) is 8.62. The standard InChI is InChI=1S/C21H23N3O3/c1-21(2,3)11-26-18-6-4-12(8-16(18)23)19-14-9-13(25)5-7-17(14)27-20(24)15(19)10-22/h4-9,20,25H,11,23-24H2,1-3H3. The van der Waals surface area contributed by atoms with E-state index in [4.69, 9.17) is 20.9 Å². The molecule has 0 amide bonds. The zero-order valence-electron chi connectivity index (χ0n) is 15.6. The Labute approximate surface area is 158 Å². The number of rotatable bonds is 3. The Bertz CT molecular complexity index is 952. The second kappa shape index (κ2) is 6.86. The lowest BCUT2D eigenvalue weighted by molar-refractivity contribution is 0.199. The summed E-state index contributed by atoms with van der Waals surface area (Å²) < 4.78 is 11.4. The van der Waals surface area contributed by atoms with E-state index in [1.54, 1.807) is 24.3 Å². The van der Waals surface area contributed by atoms with Crippen molar-refractivity contribution in [1.82, 2.24) is 0 Å². The van der Waals surface area contributed by atoms with Gasteiger partial charge in [0.2, 0.25) is 0 Å². The maximum Gasteiger partial charge on any atom is 0.184 e. The van der Waals surface area contributed by atoms with Gasteiger partial charge in [-0.15, -0.1) is 0 Å². The maximum atomic E-state index is 9.89. The van der Waals surface area contributed by atoms with Gasteiger partial charge in [-0.3, -0.25) is 5.73 Å². The van der Waals surface area contributed by atoms with E-state index in [1.165, 1.54) is 6.07 Å². The van der Waals surface area contributed by atoms with Crippen molar-refractivity contribution in [1.29, 1.82) is 5.26 Å². The van der Waals surface area contributed by atoms with Crippen LogP contribution in [0.5, 0.6) is 17.2 Å². The molecule has 3 rings (SSSR count). The lowest BCUT2D eigenvalue weighted by Crippen LogP contribution is -2.32. The summed E-state index contributed by atoms with van der Waals surface area (Å²) in [6, 6.07) is 12.2. The monoisotopic (exact) mass is 365 g/mol. The van der Waals surface area contributed by atoms with Crippen LogP contribution >= 0.6 is 0 Å². The lowest BCUT2D eigenvalue weighted by atomic mass is 9.90. The normalized spacial score (nSPS) is 16.3. The van der Waals surface area contributed by atoms with E-state index in [9.17, 15) is 10.4 Å². The molecular weight excluding hydrogens is 342 g/mol. The molecule has 27 heavy (non-hydrogen) atoms. The van der Waals surface area contributed by atoms with Gasteiger partial charge in [0.05, 0.1) is 17.9 Å². The number of nitrogens with two attached hydrogens (primary N) is 2. The SMILES string of the molecule is CC(C)(C)COc1ccc(C2=C(C#N)C(N)Oc3ccc(O)cc32)cc1N. The fourth-order valence-electron chi connectivity index (χ4n) is 2.86. The van der Waals surface area contributed by atoms with Crippen molar-refractivity contribution in [2.24, 2.45) is 11.1 Å². The molecule has 1 aliphatic heterocycles. The van der Waals surface area contributed by atoms with E-state index >= 15 is 0 Å². The summed E-state index contributed by atoms with van der Waals surface area (Å²) >= 11 is 0. The highest BCUT2D eigenvalue weighted by Crippen LogP contribution is 2.41. The number of phenolic OH excluding ortho intramolecular Hbond substituents is 1. The molecule has 0 bridgehead atoms. The van der Waals surface area contributed by atoms with E-state index in [0.717, 1.165) is 0 Å². The topological polar surface area (TPSA) is 115 Å². The first-order valence-corrected chi connectivity index (χ1v) is 8.62. The van der Waals surface area contributed by atoms with Crippen LogP contribution in [-0.2, 0) is 0 Å². The number of nitrogens with zero attached hydrogens (tertiary/aromatic N) is 1. The number of nitrogen functional groups attached to an aromatic ring is 1. The first kappa shape index (κ1) is 18.6. The summed E-state index contributed by atoms with van der Waals surface area (Å²) in [6.07, 6.45) is -0.889. The summed E-state index contributed by atoms with van der Waals surface area (Å²) in [5.41, 5.74) is 14.8. The van der Waals surface area contributed by atoms with Gasteiger partial charge in [0.1, 0.15) is 23.3 Å². The molecule has 0 aromatic heterocycles. The fraction of sp³-hybridized carbons (Fsp3) is 0.286. The van der Waals surface area contributed by atoms with Gasteiger partial charge in [0.15, 0.2) is 6.23 Å². The van der Waals surface area contributed by atoms with Crippen molar-refractivity contribution >= 4 is 11.3 Å². The lowest BCUT2D eigenvalue weighted by Gasteiger charge is -2.26. The molecule has 2 aromatic carbocycles. The van der Waals surface area contributed by atoms with Gasteiger partial charge in [0, 0.05) is 11.1 Å². The van der Waals surface area contributed by atoms with Crippen molar-refractivity contribution in [3.05, 3.63) is 53.1 Å². The summed E-state index contributed by atoms with van der Waals surface area (Å²) in [6.45, 7) is 6.76. The van der Waals surface area contributed by atoms with Gasteiger partial charge < -0.3 is 20.3 Å². The molecule has 5 N–H and O–H groups in total. The molecule has 1 unspecified atom stereocenters. The van der Waals surface area contributed by atoms with Gasteiger partial charge in [-0.2, -0.15) is 5.26 Å². The van der Waals surface area contributed by atoms with Crippen LogP contribution in [0.25, 0.3) is 5.57 Å². The number of benzene rings is 2. The van der Waals surface area contributed by atoms with Crippen LogP contribution in [0.2, 0.25) is 0 Å². The van der Waals surface area contributed by atoms with Crippen LogP contribution in [0, 0.1) is 16.7 Å². The first-order chi connectivity index (χ1) is 12.7. The van der Waals surface area contributed by atoms with Crippen LogP contribution in [0.4, 0.5) is 5.69 Å². The minimum absolute atomic E-state index is 0.00552. The molecule has 0 spiro atoms. The predicted octanol–water partition coefficient (Wildman–Crippen LogP) is 3.40. The highest BCUT2D eigenvalue weighted by Gasteiger charge is 2.28. The van der Waals surface area contributed by atoms with Crippen LogP contribution in [0.1, 0.15) is 31.9 Å². The third-order valence-electron chi connectivity index (χ3n) is 4.12. The van der Waals surface area contributed by atoms with Crippen LogP contribution in [0.15, 0.2) is 42.0 Å². The molecule has 0 saturated heterocycles. The molecule has 2 aromatic rings. The Hall–Kier alpha value is -3.17. The Kier molecular flexibility index (Phi) is 4.73. The number of fused-ring (bicyclic) bond motifs is 1. The molecular formula is C21H23N3O3. The van der Waals surface area contributed by atoms with Gasteiger partial charge in [-0.25, -0.2) is 0 Å². The zero-order valence-corrected chi connectivity index (χ0v) is 15.6. The molecule has 1 heterocycles. The number of hydrogen-bond donors (Lipinski definition) is 3. The molecule has 6 heteroatoms. The average molecular weight is 365 g/mol. The molecule has 0 radical (unpaired) electrons. The second-order valence-electron chi connectivity index (χ2n) is 7.72. The van der Waals surface area contributed by atoms with Crippen molar-refractivity contribution < 1.29 is 14.6 Å². The van der Waals surface area contributed by atoms with E-state index in [1.807, 2.05) is 6.07 Å². The molecule has 1 aliphatic rings. The highest BCUT2D eigenvalue weighted by atomic mass is 16.5. The van der Waals surface area contributed by atoms with Gasteiger partial charge in [-0.1, -0.05) is 26.8 Å². The number of ether oxygens (including phenoxy) is 2. The number of nitriles is 1. The van der Waals surface area contributed by atoms with E-state index in [0.29, 0.717) is 40.5 Å². The Morgan fingerprint density at radius 2 is 1.96 bits per heavy atom. The number of phenols is 1. The van der Waals surface area contributed by atoms with E-state index in [-0.39, 0.29) is 16.7 Å². The summed E-state index contributed by atoms with van der Waals surface area (Å²) in [7, 11) is 0. The number of hydrogen-bond acceptors (Lipinski definition) is 6. The largest absolute Gasteiger partial charge is 0.508 e. The minimum atomic E-state index is -0.889. The maximum absolute atomic E-state index is 9.89. The van der Waals surface area contributed by atoms with Gasteiger partial charge in [-0.05, 0) is 41.3 Å². The third-order valence-corrected chi connectivity index (χ3v) is 4.12. The van der Waals surface area contributed by atoms with E-state index in [2.05, 4.69) is 26.8 Å². The van der Waals surface area contributed by atoms with Crippen molar-refractivity contribution in [2.45, 2.75) is 27.0 Å². The van der Waals surface area contributed by atoms with Gasteiger partial charge in [0.25, 0.3) is 0 Å².